The second-order valence-electron chi connectivity index (χ2n) is 10.1. The van der Waals surface area contributed by atoms with E-state index in [-0.39, 0.29) is 50.8 Å². The van der Waals surface area contributed by atoms with E-state index >= 15 is 0 Å². The Morgan fingerprint density at radius 3 is 2.53 bits per heavy atom. The van der Waals surface area contributed by atoms with Crippen molar-refractivity contribution in [1.29, 1.82) is 0 Å². The summed E-state index contributed by atoms with van der Waals surface area (Å²) in [5.74, 6) is -0.285. The number of fused-ring (bicyclic) bond motifs is 8. The molecule has 5 rings (SSSR count). The summed E-state index contributed by atoms with van der Waals surface area (Å²) in [6, 6.07) is 0.333. The predicted octanol–water partition coefficient (Wildman–Crippen LogP) is 3.07. The minimum absolute atomic E-state index is 0.0000689. The van der Waals surface area contributed by atoms with Crippen molar-refractivity contribution >= 4 is 16.1 Å². The fourth-order valence-electron chi connectivity index (χ4n) is 5.45. The molecule has 14 heteroatoms. The molecule has 214 valence electrons. The normalized spacial score (nSPS) is 29.3. The van der Waals surface area contributed by atoms with Gasteiger partial charge in [-0.3, -0.25) is 4.90 Å². The van der Waals surface area contributed by atoms with Crippen molar-refractivity contribution in [3.8, 4) is 5.88 Å². The molecule has 1 amide bonds. The molecule has 0 radical (unpaired) electrons. The van der Waals surface area contributed by atoms with Crippen LogP contribution in [0.4, 0.5) is 18.0 Å². The number of nitrogens with one attached hydrogen (secondary N) is 1. The molecule has 1 aromatic heterocycles. The summed E-state index contributed by atoms with van der Waals surface area (Å²) in [5, 5.41) is 0. The van der Waals surface area contributed by atoms with Gasteiger partial charge in [0, 0.05) is 37.3 Å². The lowest BCUT2D eigenvalue weighted by atomic mass is 9.84. The monoisotopic (exact) mass is 565 g/mol. The second-order valence-corrected chi connectivity index (χ2v) is 11.8. The van der Waals surface area contributed by atoms with Crippen LogP contribution in [0.1, 0.15) is 55.7 Å². The number of hydrogen-bond acceptors (Lipinski definition) is 8. The van der Waals surface area contributed by atoms with Gasteiger partial charge < -0.3 is 18.9 Å². The fourth-order valence-corrected chi connectivity index (χ4v) is 6.26. The SMILES string of the molecule is COC[C@@H]1C[C@H](NS(C)(=O)=O)C2COC3CCC(CC3)c3cc(C(F)(F)F)cc(n3)OCCCOC(=O)N21. The number of pyridine rings is 1. The van der Waals surface area contributed by atoms with Crippen LogP contribution in [0.5, 0.6) is 5.88 Å². The van der Waals surface area contributed by atoms with E-state index in [0.717, 1.165) is 18.4 Å². The van der Waals surface area contributed by atoms with Gasteiger partial charge in [0.05, 0.1) is 56.4 Å². The Balaban J connectivity index is 1.57. The van der Waals surface area contributed by atoms with E-state index in [1.54, 1.807) is 0 Å². The second kappa shape index (κ2) is 11.9. The first-order valence-electron chi connectivity index (χ1n) is 12.7. The van der Waals surface area contributed by atoms with Crippen molar-refractivity contribution in [1.82, 2.24) is 14.6 Å². The highest BCUT2D eigenvalue weighted by Crippen LogP contribution is 2.38. The van der Waals surface area contributed by atoms with Crippen LogP contribution in [-0.2, 0) is 30.4 Å². The lowest BCUT2D eigenvalue weighted by molar-refractivity contribution is -0.137. The topological polar surface area (TPSA) is 116 Å². The van der Waals surface area contributed by atoms with E-state index in [9.17, 15) is 26.4 Å². The molecule has 3 aliphatic heterocycles. The van der Waals surface area contributed by atoms with Crippen LogP contribution in [0, 0.1) is 0 Å². The van der Waals surface area contributed by atoms with Crippen LogP contribution in [0.25, 0.3) is 0 Å². The summed E-state index contributed by atoms with van der Waals surface area (Å²) in [7, 11) is -2.07. The number of methoxy groups -OCH3 is 1. The molecule has 1 N–H and O–H groups in total. The van der Waals surface area contributed by atoms with Crippen LogP contribution in [0.3, 0.4) is 0 Å². The largest absolute Gasteiger partial charge is 0.478 e. The minimum Gasteiger partial charge on any atom is -0.478 e. The summed E-state index contributed by atoms with van der Waals surface area (Å²) >= 11 is 0. The lowest BCUT2D eigenvalue weighted by Gasteiger charge is -2.33. The highest BCUT2D eigenvalue weighted by molar-refractivity contribution is 7.88. The van der Waals surface area contributed by atoms with E-state index in [0.29, 0.717) is 37.8 Å². The fraction of sp³-hybridized carbons (Fsp3) is 0.750. The molecule has 1 aromatic rings. The molecule has 38 heavy (non-hydrogen) atoms. The number of sulfonamides is 1. The molecule has 1 unspecified atom stereocenters. The number of carbonyl (C=O) groups is 1. The van der Waals surface area contributed by atoms with Gasteiger partial charge in [-0.15, -0.1) is 0 Å². The molecule has 1 saturated carbocycles. The number of ether oxygens (including phenoxy) is 4. The maximum absolute atomic E-state index is 13.5. The van der Waals surface area contributed by atoms with Crippen LogP contribution in [0.15, 0.2) is 12.1 Å². The number of aromatic nitrogens is 1. The highest BCUT2D eigenvalue weighted by atomic mass is 32.2. The lowest BCUT2D eigenvalue weighted by Crippen LogP contribution is -2.51. The van der Waals surface area contributed by atoms with E-state index in [4.69, 9.17) is 18.9 Å². The first-order valence-corrected chi connectivity index (χ1v) is 14.6. The van der Waals surface area contributed by atoms with E-state index < -0.39 is 46.0 Å². The van der Waals surface area contributed by atoms with Gasteiger partial charge in [-0.25, -0.2) is 22.9 Å². The van der Waals surface area contributed by atoms with E-state index in [1.165, 1.54) is 12.0 Å². The van der Waals surface area contributed by atoms with Gasteiger partial charge in [-0.05, 0) is 38.2 Å². The molecule has 0 spiro atoms. The van der Waals surface area contributed by atoms with Gasteiger partial charge in [0.25, 0.3) is 0 Å². The maximum atomic E-state index is 13.5. The van der Waals surface area contributed by atoms with Crippen LogP contribution < -0.4 is 9.46 Å². The number of amides is 1. The molecule has 4 heterocycles. The third-order valence-corrected chi connectivity index (χ3v) is 7.92. The molecular formula is C24H34F3N3O7S. The van der Waals surface area contributed by atoms with Crippen molar-refractivity contribution < 1.29 is 45.3 Å². The molecule has 10 nitrogen and oxygen atoms in total. The van der Waals surface area contributed by atoms with Crippen LogP contribution in [0.2, 0.25) is 0 Å². The first kappa shape index (κ1) is 28.8. The van der Waals surface area contributed by atoms with Crippen molar-refractivity contribution in [2.75, 3.05) is 39.8 Å². The number of hydrogen-bond donors (Lipinski definition) is 1. The zero-order chi connectivity index (χ0) is 27.5. The molecule has 2 fully saturated rings. The standard InChI is InChI=1S/C24H34F3N3O7S/c1-34-13-17-12-20(29-38(2,32)33)21-14-37-18-6-4-15(5-7-18)19-10-16(24(25,26)27)11-22(28-19)35-8-3-9-36-23(31)30(17)21/h10-11,15,17-18,20-21,29H,3-9,12-14H2,1-2H3/t15?,17-,18?,20-,21?/m0/s1. The molecule has 3 atom stereocenters. The van der Waals surface area contributed by atoms with E-state index in [2.05, 4.69) is 9.71 Å². The summed E-state index contributed by atoms with van der Waals surface area (Å²) in [4.78, 5) is 19.0. The van der Waals surface area contributed by atoms with Crippen molar-refractivity contribution in [2.45, 2.75) is 74.8 Å². The smallest absolute Gasteiger partial charge is 0.416 e. The van der Waals surface area contributed by atoms with Gasteiger partial charge in [0.15, 0.2) is 0 Å². The minimum atomic E-state index is -4.54. The van der Waals surface area contributed by atoms with Crippen molar-refractivity contribution in [3.05, 3.63) is 23.4 Å². The maximum Gasteiger partial charge on any atom is 0.416 e. The zero-order valence-electron chi connectivity index (χ0n) is 21.4. The summed E-state index contributed by atoms with van der Waals surface area (Å²) in [5.41, 5.74) is -0.472. The number of carbonyl (C=O) groups excluding carboxylic acids is 1. The molecular weight excluding hydrogens is 531 g/mol. The van der Waals surface area contributed by atoms with E-state index in [1.807, 2.05) is 0 Å². The predicted molar refractivity (Wildman–Crippen MR) is 129 cm³/mol. The van der Waals surface area contributed by atoms with Crippen molar-refractivity contribution in [3.63, 3.8) is 0 Å². The van der Waals surface area contributed by atoms with Gasteiger partial charge in [0.2, 0.25) is 15.9 Å². The Morgan fingerprint density at radius 2 is 1.87 bits per heavy atom. The van der Waals surface area contributed by atoms with Gasteiger partial charge >= 0.3 is 12.3 Å². The Bertz CT molecular complexity index is 1080. The average Bonchev–Trinajstić information content (AvgIpc) is 3.16. The Hall–Kier alpha value is -2.16. The third-order valence-electron chi connectivity index (χ3n) is 7.18. The van der Waals surface area contributed by atoms with Gasteiger partial charge in [-0.2, -0.15) is 13.2 Å². The zero-order valence-corrected chi connectivity index (χ0v) is 22.2. The average molecular weight is 566 g/mol. The Kier molecular flexibility index (Phi) is 9.05. The molecule has 4 bridgehead atoms. The molecule has 4 aliphatic rings. The molecule has 0 aromatic carbocycles. The summed E-state index contributed by atoms with van der Waals surface area (Å²) < 4.78 is 89.8. The number of halogens is 3. The quantitative estimate of drug-likeness (QED) is 0.592. The number of alkyl halides is 3. The van der Waals surface area contributed by atoms with Gasteiger partial charge in [-0.1, -0.05) is 0 Å². The highest BCUT2D eigenvalue weighted by Gasteiger charge is 2.46. The van der Waals surface area contributed by atoms with Crippen molar-refractivity contribution in [2.24, 2.45) is 0 Å². The summed E-state index contributed by atoms with van der Waals surface area (Å²) in [6.07, 6.45) is -1.44. The van der Waals surface area contributed by atoms with Crippen LogP contribution >= 0.6 is 0 Å². The number of rotatable bonds is 4. The van der Waals surface area contributed by atoms with Gasteiger partial charge in [0.1, 0.15) is 0 Å². The first-order chi connectivity index (χ1) is 17.9. The third kappa shape index (κ3) is 7.27. The summed E-state index contributed by atoms with van der Waals surface area (Å²) in [6.45, 7) is 0.210. The molecule has 1 saturated heterocycles. The Morgan fingerprint density at radius 1 is 1.16 bits per heavy atom. The Labute approximate surface area is 220 Å². The number of nitrogens with zero attached hydrogens (tertiary/aromatic N) is 2. The molecule has 1 aliphatic carbocycles. The van der Waals surface area contributed by atoms with Crippen LogP contribution in [-0.4, -0.2) is 88.4 Å².